The molecule has 2 N–H and O–H groups in total. The molecule has 0 radical (unpaired) electrons. The number of nitrogens with zero attached hydrogens (tertiary/aromatic N) is 2. The number of benzene rings is 1. The zero-order valence-electron chi connectivity index (χ0n) is 15.6. The van der Waals surface area contributed by atoms with Crippen LogP contribution in [-0.2, 0) is 11.2 Å². The Balaban J connectivity index is 1.52. The topological polar surface area (TPSA) is 49.6 Å². The van der Waals surface area contributed by atoms with Gasteiger partial charge in [-0.3, -0.25) is 4.79 Å². The van der Waals surface area contributed by atoms with Crippen LogP contribution in [0.2, 0.25) is 0 Å². The van der Waals surface area contributed by atoms with Gasteiger partial charge >= 0.3 is 0 Å². The number of amides is 1. The fourth-order valence-corrected chi connectivity index (χ4v) is 4.36. The first kappa shape index (κ1) is 18.4. The molecule has 1 aromatic rings. The lowest BCUT2D eigenvalue weighted by Gasteiger charge is -2.40. The highest BCUT2D eigenvalue weighted by atomic mass is 16.2. The number of carbonyl (C=O) groups excluding carboxylic acids is 1. The van der Waals surface area contributed by atoms with E-state index in [-0.39, 0.29) is 5.91 Å². The second-order valence-corrected chi connectivity index (χ2v) is 7.93. The van der Waals surface area contributed by atoms with E-state index in [1.165, 1.54) is 32.2 Å². The lowest BCUT2D eigenvalue weighted by Crippen LogP contribution is -2.51. The van der Waals surface area contributed by atoms with Gasteiger partial charge in [0.15, 0.2) is 0 Å². The third-order valence-electron chi connectivity index (χ3n) is 5.88. The maximum atomic E-state index is 12.8. The van der Waals surface area contributed by atoms with Crippen LogP contribution < -0.4 is 5.73 Å². The number of piperidine rings is 2. The zero-order valence-corrected chi connectivity index (χ0v) is 15.6. The predicted molar refractivity (Wildman–Crippen MR) is 102 cm³/mol. The fraction of sp³-hybridized carbons (Fsp3) is 0.667. The Morgan fingerprint density at radius 1 is 1.16 bits per heavy atom. The van der Waals surface area contributed by atoms with Crippen molar-refractivity contribution in [2.45, 2.75) is 57.5 Å². The first-order valence-electron chi connectivity index (χ1n) is 9.96. The van der Waals surface area contributed by atoms with Gasteiger partial charge in [0.1, 0.15) is 0 Å². The molecule has 2 fully saturated rings. The van der Waals surface area contributed by atoms with Crippen LogP contribution in [0.25, 0.3) is 0 Å². The molecule has 0 bridgehead atoms. The van der Waals surface area contributed by atoms with Gasteiger partial charge < -0.3 is 15.5 Å². The van der Waals surface area contributed by atoms with Crippen LogP contribution >= 0.6 is 0 Å². The Kier molecular flexibility index (Phi) is 6.49. The van der Waals surface area contributed by atoms with E-state index in [4.69, 9.17) is 5.73 Å². The van der Waals surface area contributed by atoms with Gasteiger partial charge in [-0.15, -0.1) is 0 Å². The first-order chi connectivity index (χ1) is 12.1. The van der Waals surface area contributed by atoms with Gasteiger partial charge in [-0.2, -0.15) is 0 Å². The largest absolute Gasteiger partial charge is 0.341 e. The van der Waals surface area contributed by atoms with E-state index in [2.05, 4.69) is 11.8 Å². The van der Waals surface area contributed by atoms with Crippen LogP contribution in [0.5, 0.6) is 0 Å². The molecule has 2 aliphatic rings. The van der Waals surface area contributed by atoms with Crippen molar-refractivity contribution < 1.29 is 4.79 Å². The minimum Gasteiger partial charge on any atom is -0.341 e. The Labute approximate surface area is 152 Å². The van der Waals surface area contributed by atoms with Crippen LogP contribution in [0, 0.1) is 5.92 Å². The number of hydrogen-bond acceptors (Lipinski definition) is 3. The molecule has 0 aliphatic carbocycles. The average Bonchev–Trinajstić information content (AvgIpc) is 2.64. The molecule has 1 aromatic carbocycles. The summed E-state index contributed by atoms with van der Waals surface area (Å²) in [5.74, 6) is 0.724. The van der Waals surface area contributed by atoms with E-state index in [1.54, 1.807) is 0 Å². The Hall–Kier alpha value is -1.39. The third kappa shape index (κ3) is 5.05. The minimum atomic E-state index is -0.421. The summed E-state index contributed by atoms with van der Waals surface area (Å²) in [4.78, 5) is 17.4. The van der Waals surface area contributed by atoms with E-state index < -0.39 is 6.04 Å². The number of likely N-dealkylation sites (tertiary alicyclic amines) is 2. The average molecular weight is 344 g/mol. The molecule has 2 saturated heterocycles. The van der Waals surface area contributed by atoms with Gasteiger partial charge in [0, 0.05) is 25.7 Å². The van der Waals surface area contributed by atoms with Gasteiger partial charge in [0.2, 0.25) is 5.91 Å². The lowest BCUT2D eigenvalue weighted by atomic mass is 9.94. The van der Waals surface area contributed by atoms with Crippen molar-refractivity contribution in [2.24, 2.45) is 11.7 Å². The van der Waals surface area contributed by atoms with Crippen molar-refractivity contribution in [1.29, 1.82) is 0 Å². The molecule has 25 heavy (non-hydrogen) atoms. The number of carbonyl (C=O) groups is 1. The molecule has 2 aliphatic heterocycles. The standard InChI is InChI=1S/C21H33N3O/c1-17-8-5-6-12-23(17)15-19-11-7-13-24(16-19)21(25)20(22)14-18-9-3-2-4-10-18/h2-4,9-10,17,19-20H,5-8,11-16,22H2,1H3/t17-,19+,20+/m1/s1. The van der Waals surface area contributed by atoms with E-state index in [0.717, 1.165) is 31.6 Å². The molecule has 0 spiro atoms. The summed E-state index contributed by atoms with van der Waals surface area (Å²) >= 11 is 0. The minimum absolute atomic E-state index is 0.125. The summed E-state index contributed by atoms with van der Waals surface area (Å²) in [5.41, 5.74) is 7.37. The molecular formula is C21H33N3O. The molecule has 0 unspecified atom stereocenters. The highest BCUT2D eigenvalue weighted by Crippen LogP contribution is 2.23. The SMILES string of the molecule is C[C@@H]1CCCCN1C[C@@H]1CCCN(C(=O)[C@@H](N)Cc2ccccc2)C1. The smallest absolute Gasteiger partial charge is 0.239 e. The Morgan fingerprint density at radius 2 is 1.96 bits per heavy atom. The molecule has 2 heterocycles. The summed E-state index contributed by atoms with van der Waals surface area (Å²) in [6.45, 7) is 6.45. The fourth-order valence-electron chi connectivity index (χ4n) is 4.36. The van der Waals surface area contributed by atoms with Gasteiger partial charge in [0.05, 0.1) is 6.04 Å². The van der Waals surface area contributed by atoms with E-state index in [0.29, 0.717) is 18.4 Å². The van der Waals surface area contributed by atoms with Crippen molar-refractivity contribution in [3.8, 4) is 0 Å². The molecule has 3 atom stereocenters. The summed E-state index contributed by atoms with van der Waals surface area (Å²) in [7, 11) is 0. The van der Waals surface area contributed by atoms with Crippen molar-refractivity contribution >= 4 is 5.91 Å². The summed E-state index contributed by atoms with van der Waals surface area (Å²) in [6.07, 6.45) is 6.97. The van der Waals surface area contributed by atoms with Crippen LogP contribution in [0.3, 0.4) is 0 Å². The Bertz CT molecular complexity index is 547. The van der Waals surface area contributed by atoms with Crippen LogP contribution in [-0.4, -0.2) is 54.0 Å². The third-order valence-corrected chi connectivity index (χ3v) is 5.88. The second-order valence-electron chi connectivity index (χ2n) is 7.93. The second kappa shape index (κ2) is 8.81. The first-order valence-corrected chi connectivity index (χ1v) is 9.96. The van der Waals surface area contributed by atoms with Gasteiger partial charge in [-0.05, 0) is 57.1 Å². The highest BCUT2D eigenvalue weighted by molar-refractivity contribution is 5.82. The lowest BCUT2D eigenvalue weighted by molar-refractivity contribution is -0.134. The van der Waals surface area contributed by atoms with Crippen molar-refractivity contribution in [3.63, 3.8) is 0 Å². The zero-order chi connectivity index (χ0) is 17.6. The molecule has 3 rings (SSSR count). The van der Waals surface area contributed by atoms with Crippen molar-refractivity contribution in [3.05, 3.63) is 35.9 Å². The summed E-state index contributed by atoms with van der Waals surface area (Å²) in [6, 6.07) is 10.4. The molecule has 0 saturated carbocycles. The van der Waals surface area contributed by atoms with Crippen LogP contribution in [0.1, 0.15) is 44.6 Å². The van der Waals surface area contributed by atoms with Gasteiger partial charge in [-0.1, -0.05) is 36.8 Å². The predicted octanol–water partition coefficient (Wildman–Crippen LogP) is 2.67. The summed E-state index contributed by atoms with van der Waals surface area (Å²) < 4.78 is 0. The quantitative estimate of drug-likeness (QED) is 0.894. The van der Waals surface area contributed by atoms with Gasteiger partial charge in [0.25, 0.3) is 0 Å². The molecule has 0 aromatic heterocycles. The molecule has 138 valence electrons. The van der Waals surface area contributed by atoms with Crippen LogP contribution in [0.15, 0.2) is 30.3 Å². The van der Waals surface area contributed by atoms with Gasteiger partial charge in [-0.25, -0.2) is 0 Å². The molecular weight excluding hydrogens is 310 g/mol. The van der Waals surface area contributed by atoms with Crippen molar-refractivity contribution in [2.75, 3.05) is 26.2 Å². The normalized spacial score (nSPS) is 26.4. The molecule has 4 heteroatoms. The number of rotatable bonds is 5. The van der Waals surface area contributed by atoms with Crippen LogP contribution in [0.4, 0.5) is 0 Å². The summed E-state index contributed by atoms with van der Waals surface area (Å²) in [5, 5.41) is 0. The monoisotopic (exact) mass is 343 g/mol. The number of hydrogen-bond donors (Lipinski definition) is 1. The molecule has 4 nitrogen and oxygen atoms in total. The molecule has 1 amide bonds. The van der Waals surface area contributed by atoms with Crippen molar-refractivity contribution in [1.82, 2.24) is 9.80 Å². The highest BCUT2D eigenvalue weighted by Gasteiger charge is 2.29. The maximum absolute atomic E-state index is 12.8. The Morgan fingerprint density at radius 3 is 2.72 bits per heavy atom. The van der Waals surface area contributed by atoms with E-state index >= 15 is 0 Å². The maximum Gasteiger partial charge on any atom is 0.239 e. The van der Waals surface area contributed by atoms with E-state index in [1.807, 2.05) is 35.2 Å². The number of nitrogens with two attached hydrogens (primary N) is 1. The van der Waals surface area contributed by atoms with E-state index in [9.17, 15) is 4.79 Å².